The summed E-state index contributed by atoms with van der Waals surface area (Å²) < 4.78 is 0. The van der Waals surface area contributed by atoms with Crippen LogP contribution < -0.4 is 5.32 Å². The Hall–Kier alpha value is -2.37. The molecule has 0 radical (unpaired) electrons. The quantitative estimate of drug-likeness (QED) is 0.771. The number of anilines is 1. The average molecular weight is 426 g/mol. The number of amides is 2. The Morgan fingerprint density at radius 2 is 1.77 bits per heavy atom. The number of hydrogen-bond donors (Lipinski definition) is 1. The number of benzene rings is 2. The summed E-state index contributed by atoms with van der Waals surface area (Å²) in [6.45, 7) is 4.41. The van der Waals surface area contributed by atoms with Crippen molar-refractivity contribution in [3.63, 3.8) is 0 Å². The molecule has 2 aromatic rings. The first-order valence-corrected chi connectivity index (χ1v) is 11.1. The first-order chi connectivity index (χ1) is 14.6. The molecule has 0 aromatic heterocycles. The lowest BCUT2D eigenvalue weighted by molar-refractivity contribution is -0.121. The van der Waals surface area contributed by atoms with Gasteiger partial charge in [0.2, 0.25) is 5.91 Å². The summed E-state index contributed by atoms with van der Waals surface area (Å²) in [7, 11) is 0. The van der Waals surface area contributed by atoms with E-state index in [-0.39, 0.29) is 17.7 Å². The summed E-state index contributed by atoms with van der Waals surface area (Å²) in [5.41, 5.74) is 2.64. The number of likely N-dealkylation sites (tertiary alicyclic amines) is 2. The minimum absolute atomic E-state index is 0.0223. The molecule has 1 atom stereocenters. The summed E-state index contributed by atoms with van der Waals surface area (Å²) in [5, 5.41) is 3.57. The molecule has 2 saturated heterocycles. The van der Waals surface area contributed by atoms with E-state index in [9.17, 15) is 9.59 Å². The van der Waals surface area contributed by atoms with Gasteiger partial charge in [0.1, 0.15) is 0 Å². The van der Waals surface area contributed by atoms with E-state index in [4.69, 9.17) is 11.6 Å². The molecule has 0 spiro atoms. The number of halogens is 1. The third-order valence-corrected chi connectivity index (χ3v) is 6.21. The maximum absolute atomic E-state index is 12.8. The highest BCUT2D eigenvalue weighted by molar-refractivity contribution is 6.30. The number of rotatable bonds is 5. The number of carbonyl (C=O) groups is 2. The lowest BCUT2D eigenvalue weighted by Crippen LogP contribution is -2.43. The normalized spacial score (nSPS) is 19.6. The fraction of sp³-hybridized carbons (Fsp3) is 0.417. The summed E-state index contributed by atoms with van der Waals surface area (Å²) in [4.78, 5) is 29.8. The molecule has 2 heterocycles. The predicted octanol–water partition coefficient (Wildman–Crippen LogP) is 4.43. The van der Waals surface area contributed by atoms with Crippen LogP contribution >= 0.6 is 11.6 Å². The topological polar surface area (TPSA) is 52.7 Å². The molecule has 2 aliphatic heterocycles. The summed E-state index contributed by atoms with van der Waals surface area (Å²) in [5.74, 6) is -0.293. The summed E-state index contributed by atoms with van der Waals surface area (Å²) in [6.07, 6.45) is 4.18. The minimum Gasteiger partial charge on any atom is -0.338 e. The maximum atomic E-state index is 12.8. The van der Waals surface area contributed by atoms with Crippen molar-refractivity contribution >= 4 is 29.1 Å². The van der Waals surface area contributed by atoms with Gasteiger partial charge in [0, 0.05) is 35.9 Å². The van der Waals surface area contributed by atoms with Crippen LogP contribution in [0.3, 0.4) is 0 Å². The third kappa shape index (κ3) is 5.21. The van der Waals surface area contributed by atoms with Gasteiger partial charge in [-0.25, -0.2) is 0 Å². The molecular formula is C24H28ClN3O2. The highest BCUT2D eigenvalue weighted by Gasteiger charge is 2.29. The van der Waals surface area contributed by atoms with Gasteiger partial charge in [-0.15, -0.1) is 0 Å². The Kier molecular flexibility index (Phi) is 6.70. The zero-order chi connectivity index (χ0) is 20.9. The predicted molar refractivity (Wildman–Crippen MR) is 120 cm³/mol. The van der Waals surface area contributed by atoms with Crippen LogP contribution in [0.25, 0.3) is 0 Å². The SMILES string of the molecule is O=C(Nc1ccc(CN2CCCC2)cc1)[C@@H]1CCCN(C(=O)c2cccc(Cl)c2)C1. The van der Waals surface area contributed by atoms with Crippen LogP contribution in [0.2, 0.25) is 5.02 Å². The number of hydrogen-bond acceptors (Lipinski definition) is 3. The second-order valence-electron chi connectivity index (χ2n) is 8.27. The molecule has 0 bridgehead atoms. The Morgan fingerprint density at radius 3 is 2.50 bits per heavy atom. The highest BCUT2D eigenvalue weighted by Crippen LogP contribution is 2.22. The fourth-order valence-corrected chi connectivity index (χ4v) is 4.51. The second kappa shape index (κ2) is 9.63. The van der Waals surface area contributed by atoms with Crippen LogP contribution in [0, 0.1) is 5.92 Å². The molecule has 2 fully saturated rings. The molecular weight excluding hydrogens is 398 g/mol. The van der Waals surface area contributed by atoms with E-state index in [0.29, 0.717) is 23.7 Å². The van der Waals surface area contributed by atoms with Crippen molar-refractivity contribution < 1.29 is 9.59 Å². The smallest absolute Gasteiger partial charge is 0.253 e. The van der Waals surface area contributed by atoms with Crippen molar-refractivity contribution in [3.05, 3.63) is 64.7 Å². The highest BCUT2D eigenvalue weighted by atomic mass is 35.5. The van der Waals surface area contributed by atoms with E-state index in [1.807, 2.05) is 12.1 Å². The first kappa shape index (κ1) is 20.9. The van der Waals surface area contributed by atoms with Crippen LogP contribution in [0.4, 0.5) is 5.69 Å². The zero-order valence-corrected chi connectivity index (χ0v) is 17.9. The van der Waals surface area contributed by atoms with Crippen LogP contribution in [-0.4, -0.2) is 47.8 Å². The van der Waals surface area contributed by atoms with E-state index in [2.05, 4.69) is 22.3 Å². The maximum Gasteiger partial charge on any atom is 0.253 e. The Bertz CT molecular complexity index is 894. The average Bonchev–Trinajstić information content (AvgIpc) is 3.28. The summed E-state index contributed by atoms with van der Waals surface area (Å²) >= 11 is 6.02. The van der Waals surface area contributed by atoms with Gasteiger partial charge in [-0.3, -0.25) is 14.5 Å². The van der Waals surface area contributed by atoms with Crippen molar-refractivity contribution in [1.29, 1.82) is 0 Å². The van der Waals surface area contributed by atoms with E-state index in [0.717, 1.165) is 25.1 Å². The summed E-state index contributed by atoms with van der Waals surface area (Å²) in [6, 6.07) is 15.1. The zero-order valence-electron chi connectivity index (χ0n) is 17.1. The molecule has 0 saturated carbocycles. The van der Waals surface area contributed by atoms with E-state index < -0.39 is 0 Å². The molecule has 158 valence electrons. The van der Waals surface area contributed by atoms with Gasteiger partial charge in [-0.05, 0) is 74.7 Å². The number of piperidine rings is 1. The van der Waals surface area contributed by atoms with Crippen LogP contribution in [0.1, 0.15) is 41.6 Å². The van der Waals surface area contributed by atoms with Crippen molar-refractivity contribution in [2.45, 2.75) is 32.2 Å². The second-order valence-corrected chi connectivity index (χ2v) is 8.71. The van der Waals surface area contributed by atoms with Crippen molar-refractivity contribution in [2.75, 3.05) is 31.5 Å². The molecule has 6 heteroatoms. The van der Waals surface area contributed by atoms with E-state index in [1.165, 1.54) is 31.5 Å². The number of nitrogens with one attached hydrogen (secondary N) is 1. The lowest BCUT2D eigenvalue weighted by atomic mass is 9.96. The monoisotopic (exact) mass is 425 g/mol. The molecule has 1 N–H and O–H groups in total. The van der Waals surface area contributed by atoms with Gasteiger partial charge in [-0.2, -0.15) is 0 Å². The molecule has 30 heavy (non-hydrogen) atoms. The number of nitrogens with zero attached hydrogens (tertiary/aromatic N) is 2. The van der Waals surface area contributed by atoms with Crippen LogP contribution in [0.15, 0.2) is 48.5 Å². The largest absolute Gasteiger partial charge is 0.338 e. The number of carbonyl (C=O) groups excluding carboxylic acids is 2. The van der Waals surface area contributed by atoms with Gasteiger partial charge >= 0.3 is 0 Å². The lowest BCUT2D eigenvalue weighted by Gasteiger charge is -2.32. The van der Waals surface area contributed by atoms with E-state index in [1.54, 1.807) is 29.2 Å². The van der Waals surface area contributed by atoms with Gasteiger partial charge in [0.25, 0.3) is 5.91 Å². The van der Waals surface area contributed by atoms with Gasteiger partial charge in [0.05, 0.1) is 5.92 Å². The molecule has 2 amide bonds. The minimum atomic E-state index is -0.203. The van der Waals surface area contributed by atoms with Crippen LogP contribution in [-0.2, 0) is 11.3 Å². The molecule has 0 unspecified atom stereocenters. The van der Waals surface area contributed by atoms with Gasteiger partial charge in [-0.1, -0.05) is 29.8 Å². The van der Waals surface area contributed by atoms with Crippen molar-refractivity contribution in [2.24, 2.45) is 5.92 Å². The fourth-order valence-electron chi connectivity index (χ4n) is 4.32. The van der Waals surface area contributed by atoms with Gasteiger partial charge < -0.3 is 10.2 Å². The van der Waals surface area contributed by atoms with E-state index >= 15 is 0 Å². The third-order valence-electron chi connectivity index (χ3n) is 5.98. The first-order valence-electron chi connectivity index (χ1n) is 10.8. The Labute approximate surface area is 183 Å². The Morgan fingerprint density at radius 1 is 1.00 bits per heavy atom. The molecule has 2 aliphatic rings. The van der Waals surface area contributed by atoms with Crippen molar-refractivity contribution in [3.8, 4) is 0 Å². The van der Waals surface area contributed by atoms with Crippen LogP contribution in [0.5, 0.6) is 0 Å². The molecule has 2 aromatic carbocycles. The standard InChI is InChI=1S/C24H28ClN3O2/c25-21-7-3-5-19(15-21)24(30)28-14-4-6-20(17-28)23(29)26-22-10-8-18(9-11-22)16-27-12-1-2-13-27/h3,5,7-11,15,20H,1-2,4,6,12-14,16-17H2,(H,26,29)/t20-/m1/s1. The molecule has 5 nitrogen and oxygen atoms in total. The molecule has 0 aliphatic carbocycles. The van der Waals surface area contributed by atoms with Gasteiger partial charge in [0.15, 0.2) is 0 Å². The Balaban J connectivity index is 1.33. The van der Waals surface area contributed by atoms with Crippen molar-refractivity contribution in [1.82, 2.24) is 9.80 Å². The molecule has 4 rings (SSSR count).